The lowest BCUT2D eigenvalue weighted by molar-refractivity contribution is 0.0989. The maximum absolute atomic E-state index is 11.8. The molecule has 0 atom stereocenters. The molecule has 0 bridgehead atoms. The Balaban J connectivity index is 0.000000303. The molecule has 3 heterocycles. The summed E-state index contributed by atoms with van der Waals surface area (Å²) < 4.78 is 5.19. The molecule has 0 radical (unpaired) electrons. The number of nitrogens with two attached hydrogens (primary N) is 2. The first kappa shape index (κ1) is 33.3. The minimum atomic E-state index is -0.576. The van der Waals surface area contributed by atoms with Crippen molar-refractivity contribution in [3.8, 4) is 5.75 Å². The summed E-state index contributed by atoms with van der Waals surface area (Å²) in [7, 11) is 2.18. The number of carbonyl (C=O) groups excluding carboxylic acids is 2. The van der Waals surface area contributed by atoms with E-state index in [-0.39, 0.29) is 5.69 Å². The third-order valence-electron chi connectivity index (χ3n) is 7.49. The van der Waals surface area contributed by atoms with Crippen molar-refractivity contribution in [1.29, 1.82) is 0 Å². The lowest BCUT2D eigenvalue weighted by Gasteiger charge is -2.29. The quantitative estimate of drug-likeness (QED) is 0.320. The average molecular weight is 590 g/mol. The Morgan fingerprint density at radius 2 is 1.53 bits per heavy atom. The third-order valence-corrected chi connectivity index (χ3v) is 7.49. The lowest BCUT2D eigenvalue weighted by atomic mass is 9.89. The van der Waals surface area contributed by atoms with E-state index >= 15 is 0 Å². The van der Waals surface area contributed by atoms with Gasteiger partial charge in [-0.15, -0.1) is 0 Å². The Morgan fingerprint density at radius 3 is 2.09 bits per heavy atom. The van der Waals surface area contributed by atoms with E-state index in [1.807, 2.05) is 32.9 Å². The van der Waals surface area contributed by atoms with Crippen molar-refractivity contribution in [2.75, 3.05) is 50.1 Å². The van der Waals surface area contributed by atoms with E-state index in [4.69, 9.17) is 16.2 Å². The Morgan fingerprint density at radius 1 is 0.907 bits per heavy atom. The van der Waals surface area contributed by atoms with Crippen LogP contribution < -0.4 is 26.4 Å². The van der Waals surface area contributed by atoms with E-state index in [0.717, 1.165) is 56.3 Å². The van der Waals surface area contributed by atoms with Crippen LogP contribution in [-0.4, -0.2) is 66.5 Å². The van der Waals surface area contributed by atoms with Gasteiger partial charge in [-0.05, 0) is 107 Å². The summed E-state index contributed by atoms with van der Waals surface area (Å²) in [5.74, 6) is 1.59. The zero-order valence-corrected chi connectivity index (χ0v) is 26.0. The van der Waals surface area contributed by atoms with Crippen LogP contribution in [0.1, 0.15) is 85.2 Å². The summed E-state index contributed by atoms with van der Waals surface area (Å²) in [5, 5.41) is 3.26. The van der Waals surface area contributed by atoms with Crippen molar-refractivity contribution in [2.45, 2.75) is 58.8 Å². The van der Waals surface area contributed by atoms with E-state index in [9.17, 15) is 9.59 Å². The number of amides is 2. The van der Waals surface area contributed by atoms with Gasteiger partial charge in [-0.3, -0.25) is 9.59 Å². The standard InChI is InChI=1S/C22H30N6O.C9H11NO2.C2H6/c1-27-13-9-17(10-14-27)16-5-7-18(8-6-16)25-22-20(21(23)29)24-15-19(26-22)28-11-3-2-4-12-28;1-2-12-8-5-3-7(4-6-8)9(10)11;1-2/h5-8,15,17H,2-4,9-14H2,1H3,(H2,23,29)(H,25,26);3-6H,2H2,1H3,(H2,10,11);1-2H3. The van der Waals surface area contributed by atoms with Crippen LogP contribution in [0.25, 0.3) is 0 Å². The molecule has 0 aliphatic carbocycles. The molecule has 10 nitrogen and oxygen atoms in total. The van der Waals surface area contributed by atoms with Crippen molar-refractivity contribution in [3.05, 3.63) is 71.5 Å². The van der Waals surface area contributed by atoms with Crippen molar-refractivity contribution < 1.29 is 14.3 Å². The van der Waals surface area contributed by atoms with Gasteiger partial charge in [0.05, 0.1) is 12.8 Å². The number of anilines is 3. The number of carbonyl (C=O) groups is 2. The summed E-state index contributed by atoms with van der Waals surface area (Å²) >= 11 is 0. The fourth-order valence-corrected chi connectivity index (χ4v) is 5.12. The molecule has 0 saturated carbocycles. The molecule has 0 spiro atoms. The number of hydrogen-bond donors (Lipinski definition) is 3. The summed E-state index contributed by atoms with van der Waals surface area (Å²) in [5.41, 5.74) is 13.5. The predicted octanol–water partition coefficient (Wildman–Crippen LogP) is 5.33. The largest absolute Gasteiger partial charge is 0.494 e. The van der Waals surface area contributed by atoms with Crippen LogP contribution in [0.3, 0.4) is 0 Å². The Kier molecular flexibility index (Phi) is 13.2. The molecule has 43 heavy (non-hydrogen) atoms. The molecule has 1 aromatic heterocycles. The number of nitrogens with one attached hydrogen (secondary N) is 1. The van der Waals surface area contributed by atoms with E-state index in [1.54, 1.807) is 30.5 Å². The van der Waals surface area contributed by atoms with Crippen molar-refractivity contribution >= 4 is 29.1 Å². The molecule has 5 N–H and O–H groups in total. The van der Waals surface area contributed by atoms with Gasteiger partial charge in [0.25, 0.3) is 5.91 Å². The van der Waals surface area contributed by atoms with Gasteiger partial charge in [-0.25, -0.2) is 9.97 Å². The van der Waals surface area contributed by atoms with Crippen molar-refractivity contribution in [3.63, 3.8) is 0 Å². The number of benzene rings is 2. The maximum Gasteiger partial charge on any atom is 0.271 e. The number of rotatable bonds is 8. The van der Waals surface area contributed by atoms with Crippen LogP contribution in [0.5, 0.6) is 5.75 Å². The first-order valence-corrected chi connectivity index (χ1v) is 15.3. The van der Waals surface area contributed by atoms with Crippen LogP contribution in [0.4, 0.5) is 17.3 Å². The normalized spacial score (nSPS) is 15.3. The molecule has 5 rings (SSSR count). The highest BCUT2D eigenvalue weighted by Gasteiger charge is 2.20. The Hall–Kier alpha value is -4.18. The number of aromatic nitrogens is 2. The second-order valence-corrected chi connectivity index (χ2v) is 10.5. The molecule has 232 valence electrons. The smallest absolute Gasteiger partial charge is 0.271 e. The molecular formula is C33H47N7O3. The molecule has 2 aliphatic rings. The number of hydrogen-bond acceptors (Lipinski definition) is 8. The summed E-state index contributed by atoms with van der Waals surface area (Å²) in [6, 6.07) is 15.2. The Bertz CT molecular complexity index is 1280. The van der Waals surface area contributed by atoms with Crippen LogP contribution >= 0.6 is 0 Å². The van der Waals surface area contributed by atoms with Crippen molar-refractivity contribution in [1.82, 2.24) is 14.9 Å². The van der Waals surface area contributed by atoms with Gasteiger partial charge >= 0.3 is 0 Å². The SMILES string of the molecule is CC.CCOc1ccc(C(N)=O)cc1.CN1CCC(c2ccc(Nc3nc(N4CCCCC4)cnc3C(N)=O)cc2)CC1. The highest BCUT2D eigenvalue weighted by molar-refractivity contribution is 5.96. The molecule has 2 fully saturated rings. The molecule has 2 amide bonds. The van der Waals surface area contributed by atoms with E-state index in [0.29, 0.717) is 23.9 Å². The highest BCUT2D eigenvalue weighted by atomic mass is 16.5. The van der Waals surface area contributed by atoms with Crippen LogP contribution in [0, 0.1) is 0 Å². The van der Waals surface area contributed by atoms with E-state index < -0.39 is 11.8 Å². The van der Waals surface area contributed by atoms with Gasteiger partial charge in [0.2, 0.25) is 5.91 Å². The molecule has 10 heteroatoms. The Labute approximate surface area is 255 Å². The lowest BCUT2D eigenvalue weighted by Crippen LogP contribution is -2.31. The first-order valence-electron chi connectivity index (χ1n) is 15.3. The minimum Gasteiger partial charge on any atom is -0.494 e. The first-order chi connectivity index (χ1) is 20.8. The fraction of sp³-hybridized carbons (Fsp3) is 0.455. The number of piperidine rings is 2. The summed E-state index contributed by atoms with van der Waals surface area (Å²) in [6.45, 7) is 10.7. The van der Waals surface area contributed by atoms with E-state index in [2.05, 4.69) is 44.3 Å². The van der Waals surface area contributed by atoms with Gasteiger partial charge in [-0.1, -0.05) is 26.0 Å². The van der Waals surface area contributed by atoms with Gasteiger partial charge in [-0.2, -0.15) is 0 Å². The zero-order chi connectivity index (χ0) is 31.2. The van der Waals surface area contributed by atoms with Gasteiger partial charge in [0, 0.05) is 24.3 Å². The number of ether oxygens (including phenoxy) is 1. The molecule has 2 saturated heterocycles. The monoisotopic (exact) mass is 589 g/mol. The molecule has 3 aromatic rings. The maximum atomic E-state index is 11.8. The molecule has 0 unspecified atom stereocenters. The van der Waals surface area contributed by atoms with Crippen LogP contribution in [0.15, 0.2) is 54.7 Å². The summed E-state index contributed by atoms with van der Waals surface area (Å²) in [6.07, 6.45) is 7.59. The van der Waals surface area contributed by atoms with Crippen LogP contribution in [0.2, 0.25) is 0 Å². The van der Waals surface area contributed by atoms with E-state index in [1.165, 1.54) is 24.8 Å². The van der Waals surface area contributed by atoms with Crippen molar-refractivity contribution in [2.24, 2.45) is 11.5 Å². The van der Waals surface area contributed by atoms with Gasteiger partial charge in [0.1, 0.15) is 11.6 Å². The number of primary amides is 2. The number of nitrogens with zero attached hydrogens (tertiary/aromatic N) is 4. The predicted molar refractivity (Wildman–Crippen MR) is 173 cm³/mol. The second-order valence-electron chi connectivity index (χ2n) is 10.5. The summed E-state index contributed by atoms with van der Waals surface area (Å²) in [4.78, 5) is 36.1. The fourth-order valence-electron chi connectivity index (χ4n) is 5.12. The molecule has 2 aromatic carbocycles. The topological polar surface area (TPSA) is 140 Å². The number of likely N-dealkylation sites (tertiary alicyclic amines) is 1. The third kappa shape index (κ3) is 9.95. The molecular weight excluding hydrogens is 542 g/mol. The minimum absolute atomic E-state index is 0.171. The zero-order valence-electron chi connectivity index (χ0n) is 26.0. The highest BCUT2D eigenvalue weighted by Crippen LogP contribution is 2.29. The van der Waals surface area contributed by atoms with Gasteiger partial charge < -0.3 is 31.3 Å². The molecule has 2 aliphatic heterocycles. The van der Waals surface area contributed by atoms with Gasteiger partial charge in [0.15, 0.2) is 11.5 Å². The van der Waals surface area contributed by atoms with Crippen LogP contribution in [-0.2, 0) is 0 Å². The second kappa shape index (κ2) is 17.1. The average Bonchev–Trinajstić information content (AvgIpc) is 3.04.